The van der Waals surface area contributed by atoms with Crippen LogP contribution in [0.2, 0.25) is 0 Å². The fourth-order valence-corrected chi connectivity index (χ4v) is 1.33. The second-order valence-corrected chi connectivity index (χ2v) is 4.91. The lowest BCUT2D eigenvalue weighted by Crippen LogP contribution is -2.08. The quantitative estimate of drug-likeness (QED) is 0.711. The lowest BCUT2D eigenvalue weighted by Gasteiger charge is -2.16. The number of carbonyl (C=O) groups excluding carboxylic acids is 1. The number of rotatable bonds is 4. The molecule has 0 aliphatic carbocycles. The number of hydrogen-bond donors (Lipinski definition) is 0. The molecule has 3 nitrogen and oxygen atoms in total. The van der Waals surface area contributed by atoms with Gasteiger partial charge in [-0.15, -0.1) is 0 Å². The molecular weight excluding hydrogens is 188 g/mol. The van der Waals surface area contributed by atoms with E-state index in [1.54, 1.807) is 18.5 Å². The van der Waals surface area contributed by atoms with Gasteiger partial charge in [0.15, 0.2) is 11.6 Å². The molecule has 0 N–H and O–H groups in total. The number of aromatic nitrogens is 2. The summed E-state index contributed by atoms with van der Waals surface area (Å²) in [7, 11) is 0. The summed E-state index contributed by atoms with van der Waals surface area (Å²) in [6, 6.07) is 1.71. The Balaban J connectivity index is 2.38. The van der Waals surface area contributed by atoms with Gasteiger partial charge in [0, 0.05) is 18.8 Å². The maximum absolute atomic E-state index is 11.6. The van der Waals surface area contributed by atoms with Gasteiger partial charge in [-0.25, -0.2) is 9.97 Å². The van der Waals surface area contributed by atoms with Crippen molar-refractivity contribution < 1.29 is 4.79 Å². The molecular formula is C12H18N2O. The third kappa shape index (κ3) is 4.68. The normalized spacial score (nSPS) is 11.4. The van der Waals surface area contributed by atoms with Crippen molar-refractivity contribution in [3.05, 3.63) is 24.3 Å². The minimum atomic E-state index is 0.0415. The van der Waals surface area contributed by atoms with Crippen LogP contribution in [-0.2, 0) is 0 Å². The van der Waals surface area contributed by atoms with Crippen molar-refractivity contribution in [1.82, 2.24) is 9.97 Å². The third-order valence-corrected chi connectivity index (χ3v) is 2.15. The first-order valence-electron chi connectivity index (χ1n) is 5.29. The van der Waals surface area contributed by atoms with E-state index in [2.05, 4.69) is 30.7 Å². The number of Topliss-reactive ketones (excluding diaryl/α,β-unsaturated/α-hetero) is 1. The third-order valence-electron chi connectivity index (χ3n) is 2.15. The number of hydrogen-bond acceptors (Lipinski definition) is 3. The van der Waals surface area contributed by atoms with E-state index in [-0.39, 0.29) is 11.2 Å². The van der Waals surface area contributed by atoms with E-state index >= 15 is 0 Å². The Hall–Kier alpha value is -1.25. The highest BCUT2D eigenvalue weighted by Gasteiger charge is 2.13. The summed E-state index contributed by atoms with van der Waals surface area (Å²) < 4.78 is 0. The maximum atomic E-state index is 11.6. The van der Waals surface area contributed by atoms with Crippen molar-refractivity contribution in [2.75, 3.05) is 0 Å². The number of ketones is 1. The van der Waals surface area contributed by atoms with Crippen molar-refractivity contribution in [1.29, 1.82) is 0 Å². The van der Waals surface area contributed by atoms with E-state index in [4.69, 9.17) is 0 Å². The number of carbonyl (C=O) groups is 1. The molecule has 82 valence electrons. The monoisotopic (exact) mass is 206 g/mol. The maximum Gasteiger partial charge on any atom is 0.200 e. The summed E-state index contributed by atoms with van der Waals surface area (Å²) in [5.41, 5.74) is 0.290. The average Bonchev–Trinajstić information content (AvgIpc) is 2.17. The first-order valence-corrected chi connectivity index (χ1v) is 5.29. The Morgan fingerprint density at radius 3 is 2.40 bits per heavy atom. The van der Waals surface area contributed by atoms with Crippen molar-refractivity contribution in [3.63, 3.8) is 0 Å². The fourth-order valence-electron chi connectivity index (χ4n) is 1.33. The largest absolute Gasteiger partial charge is 0.291 e. The molecule has 0 spiro atoms. The van der Waals surface area contributed by atoms with E-state index < -0.39 is 0 Å². The predicted octanol–water partition coefficient (Wildman–Crippen LogP) is 2.88. The molecule has 1 aromatic rings. The van der Waals surface area contributed by atoms with Crippen LogP contribution in [-0.4, -0.2) is 15.8 Å². The van der Waals surface area contributed by atoms with Gasteiger partial charge in [0.1, 0.15) is 0 Å². The zero-order valence-corrected chi connectivity index (χ0v) is 9.66. The molecule has 0 bridgehead atoms. The van der Waals surface area contributed by atoms with Crippen LogP contribution in [0.4, 0.5) is 0 Å². The topological polar surface area (TPSA) is 42.9 Å². The van der Waals surface area contributed by atoms with Gasteiger partial charge in [0.2, 0.25) is 0 Å². The minimum absolute atomic E-state index is 0.0415. The number of nitrogens with zero attached hydrogens (tertiary/aromatic N) is 2. The van der Waals surface area contributed by atoms with Gasteiger partial charge < -0.3 is 0 Å². The summed E-state index contributed by atoms with van der Waals surface area (Å²) in [6.07, 6.45) is 5.70. The molecule has 15 heavy (non-hydrogen) atoms. The Bertz CT molecular complexity index is 314. The van der Waals surface area contributed by atoms with Crippen LogP contribution >= 0.6 is 0 Å². The Morgan fingerprint density at radius 2 is 1.87 bits per heavy atom. The molecule has 0 amide bonds. The minimum Gasteiger partial charge on any atom is -0.291 e. The van der Waals surface area contributed by atoms with Crippen LogP contribution in [0, 0.1) is 5.41 Å². The summed E-state index contributed by atoms with van der Waals surface area (Å²) in [4.78, 5) is 19.5. The summed E-state index contributed by atoms with van der Waals surface area (Å²) >= 11 is 0. The molecule has 1 rings (SSSR count). The van der Waals surface area contributed by atoms with Gasteiger partial charge in [-0.2, -0.15) is 0 Å². The smallest absolute Gasteiger partial charge is 0.200 e. The van der Waals surface area contributed by atoms with Crippen LogP contribution in [0.3, 0.4) is 0 Å². The predicted molar refractivity (Wildman–Crippen MR) is 59.7 cm³/mol. The van der Waals surface area contributed by atoms with Crippen LogP contribution in [0.25, 0.3) is 0 Å². The average molecular weight is 206 g/mol. The second-order valence-electron chi connectivity index (χ2n) is 4.91. The van der Waals surface area contributed by atoms with E-state index in [0.717, 1.165) is 12.8 Å². The Labute approximate surface area is 91.0 Å². The second kappa shape index (κ2) is 5.01. The van der Waals surface area contributed by atoms with Crippen LogP contribution < -0.4 is 0 Å². The standard InChI is InChI=1S/C12H18N2O/c1-12(2,3)7-4-6-10(15)11-13-8-5-9-14-11/h5,8-9H,4,6-7H2,1-3H3. The summed E-state index contributed by atoms with van der Waals surface area (Å²) in [5.74, 6) is 0.381. The van der Waals surface area contributed by atoms with Crippen molar-refractivity contribution in [3.8, 4) is 0 Å². The lowest BCUT2D eigenvalue weighted by molar-refractivity contribution is 0.0965. The molecule has 0 saturated carbocycles. The highest BCUT2D eigenvalue weighted by Crippen LogP contribution is 2.21. The molecule has 0 aliphatic heterocycles. The lowest BCUT2D eigenvalue weighted by atomic mass is 9.89. The molecule has 0 unspecified atom stereocenters. The van der Waals surface area contributed by atoms with Crippen molar-refractivity contribution >= 4 is 5.78 Å². The van der Waals surface area contributed by atoms with Crippen molar-refractivity contribution in [2.24, 2.45) is 5.41 Å². The molecule has 0 radical (unpaired) electrons. The highest BCUT2D eigenvalue weighted by atomic mass is 16.1. The van der Waals surface area contributed by atoms with Crippen LogP contribution in [0.15, 0.2) is 18.5 Å². The summed E-state index contributed by atoms with van der Waals surface area (Å²) in [5, 5.41) is 0. The molecule has 1 heterocycles. The Kier molecular flexibility index (Phi) is 3.95. The first kappa shape index (κ1) is 11.8. The molecule has 3 heteroatoms. The molecule has 0 aliphatic rings. The van der Waals surface area contributed by atoms with Crippen LogP contribution in [0.1, 0.15) is 50.7 Å². The van der Waals surface area contributed by atoms with Gasteiger partial charge >= 0.3 is 0 Å². The van der Waals surface area contributed by atoms with Gasteiger partial charge in [-0.3, -0.25) is 4.79 Å². The van der Waals surface area contributed by atoms with Gasteiger partial charge in [-0.05, 0) is 24.3 Å². The zero-order valence-electron chi connectivity index (χ0n) is 9.66. The molecule has 0 atom stereocenters. The van der Waals surface area contributed by atoms with Crippen LogP contribution in [0.5, 0.6) is 0 Å². The Morgan fingerprint density at radius 1 is 1.27 bits per heavy atom. The van der Waals surface area contributed by atoms with Gasteiger partial charge in [-0.1, -0.05) is 20.8 Å². The molecule has 1 aromatic heterocycles. The SMILES string of the molecule is CC(C)(C)CCCC(=O)c1ncccn1. The summed E-state index contributed by atoms with van der Waals surface area (Å²) in [6.45, 7) is 6.53. The molecule has 0 fully saturated rings. The van der Waals surface area contributed by atoms with E-state index in [0.29, 0.717) is 12.2 Å². The van der Waals surface area contributed by atoms with Gasteiger partial charge in [0.25, 0.3) is 0 Å². The van der Waals surface area contributed by atoms with E-state index in [1.807, 2.05) is 0 Å². The van der Waals surface area contributed by atoms with Crippen molar-refractivity contribution in [2.45, 2.75) is 40.0 Å². The highest BCUT2D eigenvalue weighted by molar-refractivity contribution is 5.92. The molecule has 0 saturated heterocycles. The first-order chi connectivity index (χ1) is 6.99. The van der Waals surface area contributed by atoms with Gasteiger partial charge in [0.05, 0.1) is 0 Å². The molecule has 0 aromatic carbocycles. The zero-order chi connectivity index (χ0) is 11.3. The van der Waals surface area contributed by atoms with E-state index in [1.165, 1.54) is 0 Å². The fraction of sp³-hybridized carbons (Fsp3) is 0.583. The van der Waals surface area contributed by atoms with E-state index in [9.17, 15) is 4.79 Å².